The van der Waals surface area contributed by atoms with E-state index in [-0.39, 0.29) is 12.2 Å². The van der Waals surface area contributed by atoms with Gasteiger partial charge in [-0.1, -0.05) is 6.92 Å². The van der Waals surface area contributed by atoms with Gasteiger partial charge in [0.25, 0.3) is 0 Å². The Hall–Kier alpha value is -0.680. The molecule has 0 aliphatic carbocycles. The molecule has 0 radical (unpaired) electrons. The second kappa shape index (κ2) is 5.97. The summed E-state index contributed by atoms with van der Waals surface area (Å²) in [7, 11) is 0. The number of ether oxygens (including phenoxy) is 1. The molecule has 0 bridgehead atoms. The third-order valence-corrected chi connectivity index (χ3v) is 3.35. The van der Waals surface area contributed by atoms with Crippen molar-refractivity contribution in [3.63, 3.8) is 0 Å². The Kier molecular flexibility index (Phi) is 4.56. The smallest absolute Gasteiger partial charge is 0.133 e. The number of aryl methyl sites for hydroxylation is 1. The second-order valence-electron chi connectivity index (χ2n) is 4.88. The van der Waals surface area contributed by atoms with Crippen molar-refractivity contribution in [1.29, 1.82) is 0 Å². The molecule has 0 aromatic carbocycles. The topological polar surface area (TPSA) is 38.2 Å². The predicted molar refractivity (Wildman–Crippen MR) is 75.9 cm³/mol. The summed E-state index contributed by atoms with van der Waals surface area (Å²) in [5, 5.41) is 0. The molecule has 2 heterocycles. The highest BCUT2D eigenvalue weighted by Crippen LogP contribution is 2.21. The van der Waals surface area contributed by atoms with Crippen molar-refractivity contribution in [2.24, 2.45) is 0 Å². The summed E-state index contributed by atoms with van der Waals surface area (Å²) in [6.45, 7) is 8.12. The lowest BCUT2D eigenvalue weighted by molar-refractivity contribution is -0.00548. The predicted octanol–water partition coefficient (Wildman–Crippen LogP) is 2.81. The van der Waals surface area contributed by atoms with Crippen LogP contribution >= 0.6 is 15.9 Å². The molecule has 4 nitrogen and oxygen atoms in total. The van der Waals surface area contributed by atoms with Gasteiger partial charge in [0.2, 0.25) is 0 Å². The van der Waals surface area contributed by atoms with Crippen LogP contribution in [-0.2, 0) is 11.2 Å². The van der Waals surface area contributed by atoms with Crippen molar-refractivity contribution in [2.75, 3.05) is 18.0 Å². The number of hydrogen-bond acceptors (Lipinski definition) is 4. The second-order valence-corrected chi connectivity index (χ2v) is 5.69. The molecular formula is C13H20BrN3O. The summed E-state index contributed by atoms with van der Waals surface area (Å²) in [5.74, 6) is 1.91. The van der Waals surface area contributed by atoms with Gasteiger partial charge in [-0.25, -0.2) is 9.97 Å². The molecule has 1 aromatic rings. The minimum absolute atomic E-state index is 0.247. The summed E-state index contributed by atoms with van der Waals surface area (Å²) in [5.41, 5.74) is 0. The largest absolute Gasteiger partial charge is 0.372 e. The summed E-state index contributed by atoms with van der Waals surface area (Å²) in [6.07, 6.45) is 2.47. The third-order valence-electron chi connectivity index (χ3n) is 2.94. The first-order chi connectivity index (χ1) is 8.58. The van der Waals surface area contributed by atoms with E-state index in [9.17, 15) is 0 Å². The first kappa shape index (κ1) is 13.7. The van der Waals surface area contributed by atoms with Gasteiger partial charge < -0.3 is 9.64 Å². The van der Waals surface area contributed by atoms with Gasteiger partial charge in [-0.3, -0.25) is 0 Å². The lowest BCUT2D eigenvalue weighted by atomic mass is 10.2. The number of nitrogens with zero attached hydrogens (tertiary/aromatic N) is 3. The Morgan fingerprint density at radius 1 is 1.33 bits per heavy atom. The monoisotopic (exact) mass is 313 g/mol. The molecule has 1 aliphatic rings. The molecule has 1 fully saturated rings. The molecule has 1 aromatic heterocycles. The Morgan fingerprint density at radius 2 is 2.00 bits per heavy atom. The third kappa shape index (κ3) is 3.42. The van der Waals surface area contributed by atoms with Crippen LogP contribution in [0.25, 0.3) is 0 Å². The molecule has 2 unspecified atom stereocenters. The number of halogens is 1. The summed E-state index contributed by atoms with van der Waals surface area (Å²) in [4.78, 5) is 11.3. The molecule has 1 aliphatic heterocycles. The number of morpholine rings is 1. The maximum atomic E-state index is 5.75. The highest BCUT2D eigenvalue weighted by atomic mass is 79.9. The zero-order valence-corrected chi connectivity index (χ0v) is 12.8. The van der Waals surface area contributed by atoms with Crippen LogP contribution in [0.2, 0.25) is 0 Å². The molecule has 2 atom stereocenters. The van der Waals surface area contributed by atoms with E-state index < -0.39 is 0 Å². The van der Waals surface area contributed by atoms with E-state index in [2.05, 4.69) is 51.6 Å². The lowest BCUT2D eigenvalue weighted by Gasteiger charge is -2.36. The molecule has 1 saturated heterocycles. The van der Waals surface area contributed by atoms with Gasteiger partial charge in [0.15, 0.2) is 0 Å². The first-order valence-electron chi connectivity index (χ1n) is 6.52. The average molecular weight is 314 g/mol. The molecule has 0 amide bonds. The van der Waals surface area contributed by atoms with E-state index in [4.69, 9.17) is 4.74 Å². The normalized spacial score (nSPS) is 24.3. The minimum Gasteiger partial charge on any atom is -0.372 e. The van der Waals surface area contributed by atoms with Crippen molar-refractivity contribution in [3.05, 3.63) is 16.5 Å². The van der Waals surface area contributed by atoms with Crippen LogP contribution in [0.15, 0.2) is 10.7 Å². The molecular weight excluding hydrogens is 294 g/mol. The van der Waals surface area contributed by atoms with E-state index in [0.717, 1.165) is 42.2 Å². The fraction of sp³-hybridized carbons (Fsp3) is 0.692. The standard InChI is InChI=1S/C13H20BrN3O/c1-4-5-12-15-11(14)6-13(16-12)17-7-9(2)18-10(3)8-17/h6,9-10H,4-5,7-8H2,1-3H3. The zero-order chi connectivity index (χ0) is 13.1. The van der Waals surface area contributed by atoms with E-state index >= 15 is 0 Å². The molecule has 2 rings (SSSR count). The van der Waals surface area contributed by atoms with E-state index in [1.807, 2.05) is 6.07 Å². The molecule has 0 N–H and O–H groups in total. The van der Waals surface area contributed by atoms with Crippen molar-refractivity contribution in [1.82, 2.24) is 9.97 Å². The quantitative estimate of drug-likeness (QED) is 0.804. The number of aromatic nitrogens is 2. The summed E-state index contributed by atoms with van der Waals surface area (Å²) in [6, 6.07) is 1.99. The van der Waals surface area contributed by atoms with Gasteiger partial charge in [-0.05, 0) is 36.2 Å². The average Bonchev–Trinajstić information content (AvgIpc) is 2.27. The van der Waals surface area contributed by atoms with Gasteiger partial charge in [0, 0.05) is 25.6 Å². The Balaban J connectivity index is 2.21. The zero-order valence-electron chi connectivity index (χ0n) is 11.2. The van der Waals surface area contributed by atoms with Crippen LogP contribution < -0.4 is 4.90 Å². The molecule has 100 valence electrons. The van der Waals surface area contributed by atoms with Crippen molar-refractivity contribution in [3.8, 4) is 0 Å². The maximum absolute atomic E-state index is 5.75. The highest BCUT2D eigenvalue weighted by molar-refractivity contribution is 9.10. The number of anilines is 1. The van der Waals surface area contributed by atoms with Crippen molar-refractivity contribution >= 4 is 21.7 Å². The maximum Gasteiger partial charge on any atom is 0.133 e. The van der Waals surface area contributed by atoms with Crippen molar-refractivity contribution in [2.45, 2.75) is 45.8 Å². The van der Waals surface area contributed by atoms with E-state index in [1.54, 1.807) is 0 Å². The lowest BCUT2D eigenvalue weighted by Crippen LogP contribution is -2.46. The van der Waals surface area contributed by atoms with Crippen molar-refractivity contribution < 1.29 is 4.74 Å². The fourth-order valence-corrected chi connectivity index (χ4v) is 2.72. The SMILES string of the molecule is CCCc1nc(Br)cc(N2CC(C)OC(C)C2)n1. The van der Waals surface area contributed by atoms with E-state index in [0.29, 0.717) is 0 Å². The summed E-state index contributed by atoms with van der Waals surface area (Å²) >= 11 is 3.47. The molecule has 5 heteroatoms. The number of rotatable bonds is 3. The number of hydrogen-bond donors (Lipinski definition) is 0. The fourth-order valence-electron chi connectivity index (χ4n) is 2.31. The minimum atomic E-state index is 0.247. The van der Waals surface area contributed by atoms with Gasteiger partial charge >= 0.3 is 0 Å². The van der Waals surface area contributed by atoms with Gasteiger partial charge in [-0.2, -0.15) is 0 Å². The Labute approximate surface area is 117 Å². The Morgan fingerprint density at radius 3 is 2.61 bits per heavy atom. The van der Waals surface area contributed by atoms with Gasteiger partial charge in [0.1, 0.15) is 16.2 Å². The Bertz CT molecular complexity index is 403. The highest BCUT2D eigenvalue weighted by Gasteiger charge is 2.23. The molecule has 18 heavy (non-hydrogen) atoms. The van der Waals surface area contributed by atoms with Crippen LogP contribution in [-0.4, -0.2) is 35.3 Å². The summed E-state index contributed by atoms with van der Waals surface area (Å²) < 4.78 is 6.61. The van der Waals surface area contributed by atoms with E-state index in [1.165, 1.54) is 0 Å². The van der Waals surface area contributed by atoms with Gasteiger partial charge in [0.05, 0.1) is 12.2 Å². The van der Waals surface area contributed by atoms with Crippen LogP contribution in [0.5, 0.6) is 0 Å². The first-order valence-corrected chi connectivity index (χ1v) is 7.31. The van der Waals surface area contributed by atoms with Crippen LogP contribution in [0.4, 0.5) is 5.82 Å². The van der Waals surface area contributed by atoms with Gasteiger partial charge in [-0.15, -0.1) is 0 Å². The molecule has 0 spiro atoms. The van der Waals surface area contributed by atoms with Crippen LogP contribution in [0.3, 0.4) is 0 Å². The molecule has 0 saturated carbocycles. The van der Waals surface area contributed by atoms with Crippen LogP contribution in [0.1, 0.15) is 33.0 Å². The van der Waals surface area contributed by atoms with Crippen LogP contribution in [0, 0.1) is 0 Å².